The van der Waals surface area contributed by atoms with Crippen molar-refractivity contribution < 1.29 is 4.79 Å². The second kappa shape index (κ2) is 5.89. The molecule has 3 unspecified atom stereocenters. The molecule has 2 aromatic heterocycles. The summed E-state index contributed by atoms with van der Waals surface area (Å²) in [7, 11) is 2.17. The number of carbonyl (C=O) groups is 1. The molecule has 2 fully saturated rings. The van der Waals surface area contributed by atoms with Crippen LogP contribution in [0, 0.1) is 12.8 Å². The van der Waals surface area contributed by atoms with Crippen LogP contribution in [0.4, 0.5) is 4.79 Å². The maximum absolute atomic E-state index is 12.8. The van der Waals surface area contributed by atoms with E-state index in [0.29, 0.717) is 12.0 Å². The zero-order chi connectivity index (χ0) is 17.8. The first kappa shape index (κ1) is 16.0. The van der Waals surface area contributed by atoms with Crippen molar-refractivity contribution in [3.63, 3.8) is 0 Å². The number of aromatic nitrogens is 3. The number of fused-ring (bicyclic) bond motifs is 3. The maximum Gasteiger partial charge on any atom is 0.342 e. The third-order valence-electron chi connectivity index (χ3n) is 5.75. The summed E-state index contributed by atoms with van der Waals surface area (Å²) >= 11 is 1.62. The van der Waals surface area contributed by atoms with Gasteiger partial charge in [-0.05, 0) is 38.8 Å². The third kappa shape index (κ3) is 2.54. The zero-order valence-electron chi connectivity index (χ0n) is 14.8. The molecule has 1 amide bonds. The van der Waals surface area contributed by atoms with Crippen LogP contribution in [-0.2, 0) is 0 Å². The number of benzene rings is 1. The van der Waals surface area contributed by atoms with Gasteiger partial charge < -0.3 is 10.2 Å². The molecule has 134 valence electrons. The van der Waals surface area contributed by atoms with E-state index in [9.17, 15) is 4.79 Å². The topological polar surface area (TPSA) is 63.1 Å². The molecule has 1 N–H and O–H groups in total. The van der Waals surface area contributed by atoms with Crippen LogP contribution in [0.5, 0.6) is 0 Å². The fourth-order valence-electron chi connectivity index (χ4n) is 4.37. The van der Waals surface area contributed by atoms with E-state index >= 15 is 0 Å². The summed E-state index contributed by atoms with van der Waals surface area (Å²) in [6.45, 7) is 3.06. The Hall–Kier alpha value is -2.25. The van der Waals surface area contributed by atoms with Gasteiger partial charge in [-0.15, -0.1) is 11.3 Å². The van der Waals surface area contributed by atoms with Crippen molar-refractivity contribution in [2.75, 3.05) is 13.6 Å². The van der Waals surface area contributed by atoms with Crippen molar-refractivity contribution in [3.05, 3.63) is 35.5 Å². The zero-order valence-corrected chi connectivity index (χ0v) is 15.7. The van der Waals surface area contributed by atoms with Crippen molar-refractivity contribution >= 4 is 28.3 Å². The van der Waals surface area contributed by atoms with Crippen LogP contribution in [0.2, 0.25) is 0 Å². The highest BCUT2D eigenvalue weighted by atomic mass is 32.1. The Morgan fingerprint density at radius 1 is 1.35 bits per heavy atom. The molecule has 26 heavy (non-hydrogen) atoms. The van der Waals surface area contributed by atoms with Crippen LogP contribution in [0.25, 0.3) is 21.5 Å². The van der Waals surface area contributed by atoms with Crippen LogP contribution in [-0.4, -0.2) is 51.4 Å². The summed E-state index contributed by atoms with van der Waals surface area (Å²) in [6, 6.07) is 6.79. The number of carbonyl (C=O) groups excluding carboxylic acids is 1. The first-order valence-corrected chi connectivity index (χ1v) is 9.88. The van der Waals surface area contributed by atoms with E-state index in [4.69, 9.17) is 0 Å². The molecule has 5 rings (SSSR count). The van der Waals surface area contributed by atoms with Crippen LogP contribution < -0.4 is 5.32 Å². The molecule has 1 aromatic carbocycles. The van der Waals surface area contributed by atoms with Crippen LogP contribution in [0.3, 0.4) is 0 Å². The summed E-state index contributed by atoms with van der Waals surface area (Å²) in [5.41, 5.74) is 2.86. The third-order valence-corrected chi connectivity index (χ3v) is 6.76. The van der Waals surface area contributed by atoms with Gasteiger partial charge in [0.05, 0.1) is 11.7 Å². The molecular weight excluding hydrogens is 346 g/mol. The quantitative estimate of drug-likeness (QED) is 0.756. The first-order chi connectivity index (χ1) is 12.6. The molecular formula is C19H21N5OS. The van der Waals surface area contributed by atoms with Gasteiger partial charge in [0.1, 0.15) is 5.01 Å². The minimum Gasteiger partial charge on any atom is -0.333 e. The van der Waals surface area contributed by atoms with Crippen molar-refractivity contribution in [3.8, 4) is 10.6 Å². The maximum atomic E-state index is 12.8. The smallest absolute Gasteiger partial charge is 0.333 e. The molecule has 3 heterocycles. The lowest BCUT2D eigenvalue weighted by atomic mass is 10.0. The van der Waals surface area contributed by atoms with Gasteiger partial charge in [-0.3, -0.25) is 0 Å². The Morgan fingerprint density at radius 2 is 2.23 bits per heavy atom. The van der Waals surface area contributed by atoms with Gasteiger partial charge in [0.2, 0.25) is 0 Å². The number of amides is 1. The number of nitrogens with zero attached hydrogens (tertiary/aromatic N) is 4. The Balaban J connectivity index is 1.42. The molecule has 0 spiro atoms. The van der Waals surface area contributed by atoms with E-state index in [2.05, 4.69) is 27.3 Å². The van der Waals surface area contributed by atoms with Gasteiger partial charge in [0, 0.05) is 40.7 Å². The van der Waals surface area contributed by atoms with Gasteiger partial charge in [0.25, 0.3) is 0 Å². The lowest BCUT2D eigenvalue weighted by Crippen LogP contribution is -2.46. The molecule has 3 aromatic rings. The second-order valence-electron chi connectivity index (χ2n) is 7.50. The van der Waals surface area contributed by atoms with Gasteiger partial charge in [0.15, 0.2) is 0 Å². The van der Waals surface area contributed by atoms with Crippen molar-refractivity contribution in [2.45, 2.75) is 31.8 Å². The molecule has 1 aliphatic carbocycles. The number of piperidine rings is 1. The second-order valence-corrected chi connectivity index (χ2v) is 8.36. The van der Waals surface area contributed by atoms with E-state index in [1.54, 1.807) is 17.5 Å². The number of hydrogen-bond acceptors (Lipinski definition) is 5. The van der Waals surface area contributed by atoms with Gasteiger partial charge >= 0.3 is 6.03 Å². The Labute approximate surface area is 155 Å². The number of rotatable bonds is 2. The standard InChI is InChI=1S/C19H21N5OS/c1-11-10-26-18(21-11)12-3-4-13-8-20-24(17(13)6-12)19(25)22-16-7-15-5-14(16)9-23(15)2/h3-4,6,8,10,14-16H,5,7,9H2,1-2H3,(H,22,25). The average molecular weight is 367 g/mol. The Morgan fingerprint density at radius 3 is 2.92 bits per heavy atom. The minimum atomic E-state index is -0.132. The van der Waals surface area contributed by atoms with Crippen LogP contribution in [0.15, 0.2) is 29.8 Å². The molecule has 1 saturated heterocycles. The van der Waals surface area contributed by atoms with Crippen LogP contribution >= 0.6 is 11.3 Å². The van der Waals surface area contributed by atoms with Crippen LogP contribution in [0.1, 0.15) is 18.5 Å². The summed E-state index contributed by atoms with van der Waals surface area (Å²) < 4.78 is 1.50. The Bertz CT molecular complexity index is 991. The van der Waals surface area contributed by atoms with E-state index in [1.807, 2.05) is 30.5 Å². The fraction of sp³-hybridized carbons (Fsp3) is 0.421. The lowest BCUT2D eigenvalue weighted by Gasteiger charge is -2.28. The fourth-order valence-corrected chi connectivity index (χ4v) is 5.17. The van der Waals surface area contributed by atoms with E-state index < -0.39 is 0 Å². The van der Waals surface area contributed by atoms with Crippen molar-refractivity contribution in [1.29, 1.82) is 0 Å². The summed E-state index contributed by atoms with van der Waals surface area (Å²) in [5.74, 6) is 0.560. The molecule has 0 radical (unpaired) electrons. The minimum absolute atomic E-state index is 0.132. The predicted molar refractivity (Wildman–Crippen MR) is 102 cm³/mol. The van der Waals surface area contributed by atoms with Gasteiger partial charge in [-0.1, -0.05) is 12.1 Å². The monoisotopic (exact) mass is 367 g/mol. The first-order valence-electron chi connectivity index (χ1n) is 9.00. The number of likely N-dealkylation sites (tertiary alicyclic amines) is 1. The number of thiazole rings is 1. The van der Waals surface area contributed by atoms with Crippen molar-refractivity contribution in [2.24, 2.45) is 5.92 Å². The van der Waals surface area contributed by atoms with Gasteiger partial charge in [-0.2, -0.15) is 9.78 Å². The Kier molecular flexibility index (Phi) is 3.62. The molecule has 3 atom stereocenters. The molecule has 6 nitrogen and oxygen atoms in total. The molecule has 7 heteroatoms. The van der Waals surface area contributed by atoms with E-state index in [-0.39, 0.29) is 12.1 Å². The summed E-state index contributed by atoms with van der Waals surface area (Å²) in [6.07, 6.45) is 3.98. The molecule has 2 bridgehead atoms. The number of nitrogens with one attached hydrogen (secondary N) is 1. The average Bonchev–Trinajstić information content (AvgIpc) is 3.37. The van der Waals surface area contributed by atoms with Crippen molar-refractivity contribution in [1.82, 2.24) is 25.0 Å². The summed E-state index contributed by atoms with van der Waals surface area (Å²) in [4.78, 5) is 19.8. The van der Waals surface area contributed by atoms with E-state index in [1.165, 1.54) is 11.1 Å². The lowest BCUT2D eigenvalue weighted by molar-refractivity contribution is 0.208. The highest BCUT2D eigenvalue weighted by Gasteiger charge is 2.43. The normalized spacial score (nSPS) is 25.2. The summed E-state index contributed by atoms with van der Waals surface area (Å²) in [5, 5.41) is 11.5. The molecule has 2 aliphatic rings. The SMILES string of the molecule is Cc1csc(-c2ccc3cnn(C(=O)NC4CC5CC4CN5C)c3c2)n1. The predicted octanol–water partition coefficient (Wildman–Crippen LogP) is 3.12. The number of hydrogen-bond donors (Lipinski definition) is 1. The van der Waals surface area contributed by atoms with Gasteiger partial charge in [-0.25, -0.2) is 9.78 Å². The molecule has 1 aliphatic heterocycles. The highest BCUT2D eigenvalue weighted by molar-refractivity contribution is 7.13. The highest BCUT2D eigenvalue weighted by Crippen LogP contribution is 2.36. The largest absolute Gasteiger partial charge is 0.342 e. The molecule has 1 saturated carbocycles. The van der Waals surface area contributed by atoms with E-state index in [0.717, 1.165) is 40.1 Å². The number of aryl methyl sites for hydroxylation is 1.